The molecule has 1 nitrogen and oxygen atoms in total. The predicted octanol–water partition coefficient (Wildman–Crippen LogP) is 3.98. The Morgan fingerprint density at radius 3 is 1.88 bits per heavy atom. The Labute approximate surface area is 100 Å². The minimum absolute atomic E-state index is 0.0921. The molecule has 0 spiro atoms. The molecule has 0 amide bonds. The quantitative estimate of drug-likeness (QED) is 0.725. The number of hydrogen-bond acceptors (Lipinski definition) is 1. The molecule has 4 heteroatoms. The van der Waals surface area contributed by atoms with Crippen molar-refractivity contribution in [3.8, 4) is 0 Å². The van der Waals surface area contributed by atoms with Crippen LogP contribution >= 0.6 is 0 Å². The van der Waals surface area contributed by atoms with Crippen LogP contribution in [0.5, 0.6) is 0 Å². The van der Waals surface area contributed by atoms with E-state index in [0.717, 1.165) is 12.0 Å². The maximum atomic E-state index is 12.7. The molecule has 0 radical (unpaired) electrons. The first-order valence-corrected chi connectivity index (χ1v) is 5.76. The Hall–Kier alpha value is -1.03. The fourth-order valence-electron chi connectivity index (χ4n) is 1.64. The highest BCUT2D eigenvalue weighted by molar-refractivity contribution is 5.22. The molecule has 0 atom stereocenters. The maximum absolute atomic E-state index is 12.7. The van der Waals surface area contributed by atoms with Crippen LogP contribution in [0.15, 0.2) is 24.3 Å². The first-order chi connectivity index (χ1) is 7.84. The SMILES string of the molecule is CCc1ccc(CN(C(C)C)C(F)(F)F)cc1. The molecule has 0 aliphatic rings. The van der Waals surface area contributed by atoms with E-state index >= 15 is 0 Å². The van der Waals surface area contributed by atoms with Crippen molar-refractivity contribution in [3.63, 3.8) is 0 Å². The molecule has 0 saturated carbocycles. The van der Waals surface area contributed by atoms with Crippen molar-refractivity contribution in [1.29, 1.82) is 0 Å². The summed E-state index contributed by atoms with van der Waals surface area (Å²) in [5.74, 6) is 0. The molecule has 96 valence electrons. The first kappa shape index (κ1) is 14.0. The molecule has 17 heavy (non-hydrogen) atoms. The molecule has 0 aliphatic carbocycles. The average molecular weight is 245 g/mol. The second kappa shape index (κ2) is 5.54. The molecular weight excluding hydrogens is 227 g/mol. The highest BCUT2D eigenvalue weighted by atomic mass is 19.4. The Balaban J connectivity index is 2.79. The van der Waals surface area contributed by atoms with Crippen molar-refractivity contribution in [1.82, 2.24) is 4.90 Å². The van der Waals surface area contributed by atoms with Gasteiger partial charge in [0.2, 0.25) is 0 Å². The molecule has 0 fully saturated rings. The lowest BCUT2D eigenvalue weighted by molar-refractivity contribution is -0.259. The van der Waals surface area contributed by atoms with Crippen molar-refractivity contribution in [2.24, 2.45) is 0 Å². The van der Waals surface area contributed by atoms with Crippen molar-refractivity contribution in [2.75, 3.05) is 0 Å². The lowest BCUT2D eigenvalue weighted by Gasteiger charge is -2.28. The summed E-state index contributed by atoms with van der Waals surface area (Å²) in [4.78, 5) is 0.536. The summed E-state index contributed by atoms with van der Waals surface area (Å²) in [5, 5.41) is 0. The fourth-order valence-corrected chi connectivity index (χ4v) is 1.64. The topological polar surface area (TPSA) is 3.24 Å². The van der Waals surface area contributed by atoms with Crippen LogP contribution in [0.2, 0.25) is 0 Å². The van der Waals surface area contributed by atoms with Gasteiger partial charge >= 0.3 is 6.30 Å². The van der Waals surface area contributed by atoms with Crippen LogP contribution in [0, 0.1) is 0 Å². The third kappa shape index (κ3) is 4.04. The summed E-state index contributed by atoms with van der Waals surface area (Å²) >= 11 is 0. The number of halogens is 3. The maximum Gasteiger partial charge on any atom is 0.460 e. The van der Waals surface area contributed by atoms with Crippen molar-refractivity contribution < 1.29 is 13.2 Å². The summed E-state index contributed by atoms with van der Waals surface area (Å²) in [6.45, 7) is 5.03. The van der Waals surface area contributed by atoms with E-state index in [9.17, 15) is 13.2 Å². The van der Waals surface area contributed by atoms with Crippen LogP contribution in [-0.4, -0.2) is 17.2 Å². The van der Waals surface area contributed by atoms with Crippen LogP contribution in [0.4, 0.5) is 13.2 Å². The monoisotopic (exact) mass is 245 g/mol. The number of rotatable bonds is 4. The largest absolute Gasteiger partial charge is 0.460 e. The van der Waals surface area contributed by atoms with Gasteiger partial charge < -0.3 is 0 Å². The lowest BCUT2D eigenvalue weighted by Crippen LogP contribution is -2.42. The number of alkyl halides is 3. The molecule has 0 heterocycles. The molecule has 0 bridgehead atoms. The molecular formula is C13H18F3N. The van der Waals surface area contributed by atoms with Gasteiger partial charge in [-0.15, -0.1) is 0 Å². The fraction of sp³-hybridized carbons (Fsp3) is 0.538. The molecule has 1 rings (SSSR count). The second-order valence-electron chi connectivity index (χ2n) is 4.36. The summed E-state index contributed by atoms with van der Waals surface area (Å²) in [6, 6.07) is 6.73. The highest BCUT2D eigenvalue weighted by Gasteiger charge is 2.38. The Kier molecular flexibility index (Phi) is 4.57. The molecule has 0 N–H and O–H groups in total. The molecule has 0 aliphatic heterocycles. The standard InChI is InChI=1S/C13H18F3N/c1-4-11-5-7-12(8-6-11)9-17(10(2)3)13(14,15)16/h5-8,10H,4,9H2,1-3H3. The van der Waals surface area contributed by atoms with Crippen molar-refractivity contribution >= 4 is 0 Å². The van der Waals surface area contributed by atoms with Gasteiger partial charge in [-0.1, -0.05) is 31.2 Å². The lowest BCUT2D eigenvalue weighted by atomic mass is 10.1. The molecule has 1 aromatic rings. The van der Waals surface area contributed by atoms with E-state index in [1.165, 1.54) is 0 Å². The zero-order chi connectivity index (χ0) is 13.1. The van der Waals surface area contributed by atoms with E-state index in [0.29, 0.717) is 10.5 Å². The summed E-state index contributed by atoms with van der Waals surface area (Å²) < 4.78 is 38.2. The van der Waals surface area contributed by atoms with Crippen LogP contribution in [0.25, 0.3) is 0 Å². The smallest absolute Gasteiger partial charge is 0.208 e. The third-order valence-electron chi connectivity index (χ3n) is 2.73. The second-order valence-corrected chi connectivity index (χ2v) is 4.36. The first-order valence-electron chi connectivity index (χ1n) is 5.76. The highest BCUT2D eigenvalue weighted by Crippen LogP contribution is 2.26. The van der Waals surface area contributed by atoms with Gasteiger partial charge in [-0.25, -0.2) is 4.90 Å². The van der Waals surface area contributed by atoms with Gasteiger partial charge in [0.05, 0.1) is 0 Å². The normalized spacial score (nSPS) is 12.5. The van der Waals surface area contributed by atoms with Gasteiger partial charge in [-0.05, 0) is 31.4 Å². The van der Waals surface area contributed by atoms with Crippen LogP contribution < -0.4 is 0 Å². The summed E-state index contributed by atoms with van der Waals surface area (Å²) in [6.07, 6.45) is -3.38. The Morgan fingerprint density at radius 1 is 1.06 bits per heavy atom. The van der Waals surface area contributed by atoms with E-state index in [1.54, 1.807) is 26.0 Å². The summed E-state index contributed by atoms with van der Waals surface area (Å²) in [7, 11) is 0. The van der Waals surface area contributed by atoms with Gasteiger partial charge in [0, 0.05) is 12.6 Å². The molecule has 0 saturated heterocycles. The zero-order valence-corrected chi connectivity index (χ0v) is 10.4. The van der Waals surface area contributed by atoms with E-state index in [1.807, 2.05) is 19.1 Å². The van der Waals surface area contributed by atoms with Crippen LogP contribution in [0.3, 0.4) is 0 Å². The Bertz CT molecular complexity index is 341. The number of aryl methyl sites for hydroxylation is 1. The van der Waals surface area contributed by atoms with Gasteiger partial charge in [-0.3, -0.25) is 0 Å². The van der Waals surface area contributed by atoms with Crippen molar-refractivity contribution in [3.05, 3.63) is 35.4 Å². The van der Waals surface area contributed by atoms with Gasteiger partial charge in [0.25, 0.3) is 0 Å². The average Bonchev–Trinajstić information content (AvgIpc) is 2.24. The molecule has 0 aromatic heterocycles. The molecule has 1 aromatic carbocycles. The van der Waals surface area contributed by atoms with Gasteiger partial charge in [-0.2, -0.15) is 13.2 Å². The van der Waals surface area contributed by atoms with Gasteiger partial charge in [0.1, 0.15) is 0 Å². The minimum atomic E-state index is -4.28. The van der Waals surface area contributed by atoms with E-state index < -0.39 is 12.3 Å². The number of hydrogen-bond donors (Lipinski definition) is 0. The third-order valence-corrected chi connectivity index (χ3v) is 2.73. The van der Waals surface area contributed by atoms with E-state index in [2.05, 4.69) is 0 Å². The molecule has 0 unspecified atom stereocenters. The zero-order valence-electron chi connectivity index (χ0n) is 10.4. The van der Waals surface area contributed by atoms with Crippen LogP contribution in [0.1, 0.15) is 31.9 Å². The number of benzene rings is 1. The van der Waals surface area contributed by atoms with E-state index in [4.69, 9.17) is 0 Å². The van der Waals surface area contributed by atoms with Crippen molar-refractivity contribution in [2.45, 2.75) is 46.1 Å². The minimum Gasteiger partial charge on any atom is -0.208 e. The van der Waals surface area contributed by atoms with E-state index in [-0.39, 0.29) is 6.54 Å². The number of nitrogens with zero attached hydrogens (tertiary/aromatic N) is 1. The van der Waals surface area contributed by atoms with Crippen LogP contribution in [-0.2, 0) is 13.0 Å². The Morgan fingerprint density at radius 2 is 1.53 bits per heavy atom. The summed E-state index contributed by atoms with van der Waals surface area (Å²) in [5.41, 5.74) is 1.82. The van der Waals surface area contributed by atoms with Gasteiger partial charge in [0.15, 0.2) is 0 Å². The predicted molar refractivity (Wildman–Crippen MR) is 62.6 cm³/mol.